The van der Waals surface area contributed by atoms with Gasteiger partial charge in [0.05, 0.1) is 18.9 Å². The lowest BCUT2D eigenvalue weighted by atomic mass is 9.81. The van der Waals surface area contributed by atoms with Gasteiger partial charge in [-0.05, 0) is 61.3 Å². The van der Waals surface area contributed by atoms with Crippen LogP contribution in [0.15, 0.2) is 24.3 Å². The van der Waals surface area contributed by atoms with E-state index >= 15 is 0 Å². The second-order valence-electron chi connectivity index (χ2n) is 8.88. The Morgan fingerprint density at radius 1 is 1.03 bits per heavy atom. The summed E-state index contributed by atoms with van der Waals surface area (Å²) in [6.07, 6.45) is 2.89. The van der Waals surface area contributed by atoms with Crippen molar-refractivity contribution in [1.82, 2.24) is 4.90 Å². The smallest absolute Gasteiger partial charge is 0.330 e. The molecule has 0 spiro atoms. The van der Waals surface area contributed by atoms with Gasteiger partial charge in [0, 0.05) is 5.56 Å². The van der Waals surface area contributed by atoms with E-state index in [1.807, 2.05) is 0 Å². The van der Waals surface area contributed by atoms with E-state index in [4.69, 9.17) is 9.47 Å². The Balaban J connectivity index is 1.45. The molecule has 0 aromatic heterocycles. The summed E-state index contributed by atoms with van der Waals surface area (Å²) in [5, 5.41) is 0. The first-order valence-corrected chi connectivity index (χ1v) is 10.5. The summed E-state index contributed by atoms with van der Waals surface area (Å²) in [5.41, 5.74) is 0.393. The van der Waals surface area contributed by atoms with E-state index in [0.29, 0.717) is 11.3 Å². The van der Waals surface area contributed by atoms with Crippen LogP contribution in [0, 0.1) is 29.6 Å². The molecule has 2 amide bonds. The zero-order chi connectivity index (χ0) is 21.6. The number of benzene rings is 1. The highest BCUT2D eigenvalue weighted by atomic mass is 16.5. The minimum atomic E-state index is -1.00. The molecule has 30 heavy (non-hydrogen) atoms. The SMILES string of the molecule is COc1ccc(C(=O)COC(=O)[C@H](C(C)C)N2C(=O)[C@@H]3[C@H]4CC[C@@H](C4)[C@@H]3C2=O)cc1. The number of carbonyl (C=O) groups excluding carboxylic acids is 4. The third-order valence-electron chi connectivity index (χ3n) is 6.87. The van der Waals surface area contributed by atoms with E-state index in [9.17, 15) is 19.2 Å². The topological polar surface area (TPSA) is 90.0 Å². The van der Waals surface area contributed by atoms with Gasteiger partial charge >= 0.3 is 5.97 Å². The third-order valence-corrected chi connectivity index (χ3v) is 6.87. The Morgan fingerprint density at radius 3 is 2.10 bits per heavy atom. The maximum atomic E-state index is 13.1. The van der Waals surface area contributed by atoms with E-state index < -0.39 is 18.6 Å². The number of hydrogen-bond acceptors (Lipinski definition) is 6. The number of fused-ring (bicyclic) bond motifs is 5. The van der Waals surface area contributed by atoms with Crippen molar-refractivity contribution in [3.63, 3.8) is 0 Å². The largest absolute Gasteiger partial charge is 0.497 e. The number of ether oxygens (including phenoxy) is 2. The predicted molar refractivity (Wildman–Crippen MR) is 107 cm³/mol. The standard InChI is InChI=1S/C23H27NO6/c1-12(2)20(23(28)30-11-17(25)13-6-8-16(29-3)9-7-13)24-21(26)18-14-4-5-15(10-14)19(18)22(24)27/h6-9,12,14-15,18-20H,4-5,10-11H2,1-3H3/t14-,15-,18-,19+,20-/m0/s1. The van der Waals surface area contributed by atoms with Gasteiger partial charge in [-0.2, -0.15) is 0 Å². The van der Waals surface area contributed by atoms with Crippen LogP contribution in [-0.4, -0.2) is 48.2 Å². The van der Waals surface area contributed by atoms with Gasteiger partial charge in [-0.25, -0.2) is 4.79 Å². The van der Waals surface area contributed by atoms with E-state index in [2.05, 4.69) is 0 Å². The molecule has 2 bridgehead atoms. The van der Waals surface area contributed by atoms with Crippen LogP contribution in [-0.2, 0) is 19.1 Å². The molecule has 7 heteroatoms. The van der Waals surface area contributed by atoms with E-state index in [1.54, 1.807) is 38.1 Å². The first kappa shape index (κ1) is 20.6. The number of nitrogens with zero attached hydrogens (tertiary/aromatic N) is 1. The Morgan fingerprint density at radius 2 is 1.60 bits per heavy atom. The third kappa shape index (κ3) is 3.30. The Kier molecular flexibility index (Phi) is 5.38. The molecule has 1 aromatic rings. The molecule has 0 N–H and O–H groups in total. The van der Waals surface area contributed by atoms with Gasteiger partial charge in [-0.3, -0.25) is 19.3 Å². The van der Waals surface area contributed by atoms with E-state index in [1.165, 1.54) is 7.11 Å². The minimum absolute atomic E-state index is 0.241. The van der Waals surface area contributed by atoms with Gasteiger partial charge in [0.1, 0.15) is 11.8 Å². The fraction of sp³-hybridized carbons (Fsp3) is 0.565. The molecule has 3 aliphatic rings. The van der Waals surface area contributed by atoms with Crippen molar-refractivity contribution in [3.05, 3.63) is 29.8 Å². The lowest BCUT2D eigenvalue weighted by Crippen LogP contribution is -2.50. The van der Waals surface area contributed by atoms with Crippen molar-refractivity contribution in [2.75, 3.05) is 13.7 Å². The van der Waals surface area contributed by atoms with Crippen molar-refractivity contribution in [2.24, 2.45) is 29.6 Å². The normalized spacial score (nSPS) is 28.1. The number of imide groups is 1. The predicted octanol–water partition coefficient (Wildman–Crippen LogP) is 2.48. The van der Waals surface area contributed by atoms with Crippen LogP contribution in [0.3, 0.4) is 0 Å². The number of amides is 2. The molecule has 160 valence electrons. The molecule has 3 fully saturated rings. The summed E-state index contributed by atoms with van der Waals surface area (Å²) in [6, 6.07) is 5.50. The number of rotatable bonds is 7. The average Bonchev–Trinajstić information content (AvgIpc) is 3.42. The summed E-state index contributed by atoms with van der Waals surface area (Å²) in [4.78, 5) is 52.5. The molecule has 1 aliphatic heterocycles. The van der Waals surface area contributed by atoms with Crippen LogP contribution in [0.1, 0.15) is 43.5 Å². The molecule has 5 atom stereocenters. The summed E-state index contributed by atoms with van der Waals surface area (Å²) >= 11 is 0. The van der Waals surface area contributed by atoms with Crippen molar-refractivity contribution >= 4 is 23.6 Å². The molecular formula is C23H27NO6. The zero-order valence-corrected chi connectivity index (χ0v) is 17.5. The van der Waals surface area contributed by atoms with Gasteiger partial charge in [-0.15, -0.1) is 0 Å². The van der Waals surface area contributed by atoms with Gasteiger partial charge in [0.2, 0.25) is 11.8 Å². The van der Waals surface area contributed by atoms with Crippen molar-refractivity contribution in [2.45, 2.75) is 39.2 Å². The molecular weight excluding hydrogens is 386 g/mol. The van der Waals surface area contributed by atoms with Crippen LogP contribution in [0.4, 0.5) is 0 Å². The number of likely N-dealkylation sites (tertiary alicyclic amines) is 1. The summed E-state index contributed by atoms with van der Waals surface area (Å²) in [7, 11) is 1.53. The summed E-state index contributed by atoms with van der Waals surface area (Å²) in [6.45, 7) is 3.11. The van der Waals surface area contributed by atoms with Crippen LogP contribution in [0.2, 0.25) is 0 Å². The van der Waals surface area contributed by atoms with Crippen molar-refractivity contribution in [3.8, 4) is 5.75 Å². The maximum absolute atomic E-state index is 13.1. The second-order valence-corrected chi connectivity index (χ2v) is 8.88. The molecule has 1 heterocycles. The van der Waals surface area contributed by atoms with Gasteiger partial charge in [0.15, 0.2) is 12.4 Å². The summed E-state index contributed by atoms with van der Waals surface area (Å²) < 4.78 is 10.3. The monoisotopic (exact) mass is 413 g/mol. The Bertz CT molecular complexity index is 848. The molecule has 0 unspecified atom stereocenters. The highest BCUT2D eigenvalue weighted by Crippen LogP contribution is 2.56. The lowest BCUT2D eigenvalue weighted by molar-refractivity contribution is -0.160. The maximum Gasteiger partial charge on any atom is 0.330 e. The molecule has 4 rings (SSSR count). The number of hydrogen-bond donors (Lipinski definition) is 0. The van der Waals surface area contributed by atoms with Crippen LogP contribution >= 0.6 is 0 Å². The Hall–Kier alpha value is -2.70. The van der Waals surface area contributed by atoms with E-state index in [0.717, 1.165) is 24.2 Å². The summed E-state index contributed by atoms with van der Waals surface area (Å²) in [5.74, 6) is -1.31. The highest BCUT2D eigenvalue weighted by Gasteiger charge is 2.62. The number of carbonyl (C=O) groups is 4. The quantitative estimate of drug-likeness (QED) is 0.388. The number of Topliss-reactive ketones (excluding diaryl/α,β-unsaturated/α-hetero) is 1. The molecule has 7 nitrogen and oxygen atoms in total. The average molecular weight is 413 g/mol. The Labute approximate surface area is 175 Å². The highest BCUT2D eigenvalue weighted by molar-refractivity contribution is 6.09. The molecule has 2 aliphatic carbocycles. The molecule has 1 aromatic carbocycles. The fourth-order valence-corrected chi connectivity index (χ4v) is 5.46. The van der Waals surface area contributed by atoms with Crippen LogP contribution in [0.25, 0.3) is 0 Å². The second kappa shape index (κ2) is 7.85. The van der Waals surface area contributed by atoms with E-state index in [-0.39, 0.29) is 47.2 Å². The molecule has 1 saturated heterocycles. The van der Waals surface area contributed by atoms with Crippen LogP contribution < -0.4 is 4.74 Å². The first-order valence-electron chi connectivity index (χ1n) is 10.5. The number of ketones is 1. The number of esters is 1. The molecule has 2 saturated carbocycles. The lowest BCUT2D eigenvalue weighted by Gasteiger charge is -2.28. The van der Waals surface area contributed by atoms with Gasteiger partial charge in [-0.1, -0.05) is 13.8 Å². The van der Waals surface area contributed by atoms with Crippen LogP contribution in [0.5, 0.6) is 5.75 Å². The fourth-order valence-electron chi connectivity index (χ4n) is 5.46. The van der Waals surface area contributed by atoms with Gasteiger partial charge in [0.25, 0.3) is 0 Å². The van der Waals surface area contributed by atoms with Crippen molar-refractivity contribution < 1.29 is 28.7 Å². The van der Waals surface area contributed by atoms with Gasteiger partial charge < -0.3 is 9.47 Å². The van der Waals surface area contributed by atoms with Crippen molar-refractivity contribution in [1.29, 1.82) is 0 Å². The zero-order valence-electron chi connectivity index (χ0n) is 17.5. The number of methoxy groups -OCH3 is 1. The first-order chi connectivity index (χ1) is 14.3. The minimum Gasteiger partial charge on any atom is -0.497 e. The molecule has 0 radical (unpaired) electrons.